The van der Waals surface area contributed by atoms with Crippen molar-refractivity contribution in [3.05, 3.63) is 30.1 Å². The lowest BCUT2D eigenvalue weighted by Gasteiger charge is -1.98. The standard InChI is InChI=1S/C10H10NO2/c1-3-8-13-10(12)9-4-6-11(2)7-5-9/h1,4-7H,8H2,2H3/q+1. The largest absolute Gasteiger partial charge is 0.449 e. The van der Waals surface area contributed by atoms with Crippen molar-refractivity contribution < 1.29 is 14.1 Å². The summed E-state index contributed by atoms with van der Waals surface area (Å²) in [5.41, 5.74) is 0.508. The quantitative estimate of drug-likeness (QED) is 0.368. The third kappa shape index (κ3) is 2.60. The van der Waals surface area contributed by atoms with Crippen LogP contribution in [0.4, 0.5) is 0 Å². The number of carbonyl (C=O) groups excluding carboxylic acids is 1. The molecule has 0 saturated carbocycles. The molecule has 13 heavy (non-hydrogen) atoms. The van der Waals surface area contributed by atoms with Gasteiger partial charge in [-0.15, -0.1) is 6.42 Å². The van der Waals surface area contributed by atoms with Crippen LogP contribution >= 0.6 is 0 Å². The van der Waals surface area contributed by atoms with E-state index in [1.165, 1.54) is 0 Å². The maximum absolute atomic E-state index is 11.2. The molecule has 0 amide bonds. The topological polar surface area (TPSA) is 30.2 Å². The first-order chi connectivity index (χ1) is 6.24. The molecule has 0 radical (unpaired) electrons. The zero-order valence-electron chi connectivity index (χ0n) is 7.36. The molecule has 0 saturated heterocycles. The summed E-state index contributed by atoms with van der Waals surface area (Å²) in [6, 6.07) is 3.36. The summed E-state index contributed by atoms with van der Waals surface area (Å²) in [4.78, 5) is 11.2. The minimum absolute atomic E-state index is 0.0137. The van der Waals surface area contributed by atoms with Gasteiger partial charge in [0, 0.05) is 12.1 Å². The number of hydrogen-bond donors (Lipinski definition) is 0. The van der Waals surface area contributed by atoms with Crippen molar-refractivity contribution in [3.63, 3.8) is 0 Å². The van der Waals surface area contributed by atoms with Crippen LogP contribution in [0.3, 0.4) is 0 Å². The fraction of sp³-hybridized carbons (Fsp3) is 0.200. The lowest BCUT2D eigenvalue weighted by atomic mass is 10.3. The molecule has 0 aliphatic heterocycles. The number of aryl methyl sites for hydroxylation is 1. The first-order valence-corrected chi connectivity index (χ1v) is 3.80. The van der Waals surface area contributed by atoms with Gasteiger partial charge in [0.05, 0.1) is 5.56 Å². The molecule has 3 heteroatoms. The van der Waals surface area contributed by atoms with Crippen molar-refractivity contribution in [2.24, 2.45) is 7.05 Å². The zero-order chi connectivity index (χ0) is 9.68. The van der Waals surface area contributed by atoms with Crippen LogP contribution in [0.25, 0.3) is 0 Å². The van der Waals surface area contributed by atoms with Crippen molar-refractivity contribution in [2.45, 2.75) is 0 Å². The Morgan fingerprint density at radius 1 is 1.62 bits per heavy atom. The van der Waals surface area contributed by atoms with Gasteiger partial charge in [-0.3, -0.25) is 0 Å². The van der Waals surface area contributed by atoms with E-state index in [4.69, 9.17) is 11.2 Å². The van der Waals surface area contributed by atoms with Gasteiger partial charge >= 0.3 is 5.97 Å². The highest BCUT2D eigenvalue weighted by Gasteiger charge is 2.06. The zero-order valence-corrected chi connectivity index (χ0v) is 7.36. The third-order valence-electron chi connectivity index (χ3n) is 1.50. The van der Waals surface area contributed by atoms with Gasteiger partial charge in [-0.25, -0.2) is 9.36 Å². The van der Waals surface area contributed by atoms with Crippen molar-refractivity contribution in [2.75, 3.05) is 6.61 Å². The van der Waals surface area contributed by atoms with Gasteiger partial charge in [0.2, 0.25) is 0 Å². The molecule has 66 valence electrons. The van der Waals surface area contributed by atoms with Crippen LogP contribution < -0.4 is 4.57 Å². The van der Waals surface area contributed by atoms with Gasteiger partial charge < -0.3 is 4.74 Å². The minimum atomic E-state index is -0.390. The van der Waals surface area contributed by atoms with Crippen LogP contribution in [0.15, 0.2) is 24.5 Å². The molecule has 1 aromatic heterocycles. The fourth-order valence-electron chi connectivity index (χ4n) is 0.828. The number of esters is 1. The first-order valence-electron chi connectivity index (χ1n) is 3.80. The van der Waals surface area contributed by atoms with E-state index in [-0.39, 0.29) is 6.61 Å². The Kier molecular flexibility index (Phi) is 3.04. The van der Waals surface area contributed by atoms with Crippen molar-refractivity contribution in [1.82, 2.24) is 0 Å². The van der Waals surface area contributed by atoms with E-state index in [2.05, 4.69) is 5.92 Å². The predicted octanol–water partition coefficient (Wildman–Crippen LogP) is 0.301. The normalized spacial score (nSPS) is 8.92. The molecule has 0 fully saturated rings. The Bertz CT molecular complexity index is 335. The minimum Gasteiger partial charge on any atom is -0.449 e. The summed E-state index contributed by atoms with van der Waals surface area (Å²) in [6.07, 6.45) is 8.49. The Morgan fingerprint density at radius 2 is 2.23 bits per heavy atom. The van der Waals surface area contributed by atoms with Crippen LogP contribution in [-0.2, 0) is 11.8 Å². The molecule has 0 bridgehead atoms. The second-order valence-corrected chi connectivity index (χ2v) is 2.53. The van der Waals surface area contributed by atoms with E-state index < -0.39 is 5.97 Å². The van der Waals surface area contributed by atoms with E-state index in [1.54, 1.807) is 24.5 Å². The van der Waals surface area contributed by atoms with Crippen LogP contribution in [0.1, 0.15) is 10.4 Å². The van der Waals surface area contributed by atoms with Crippen molar-refractivity contribution >= 4 is 5.97 Å². The third-order valence-corrected chi connectivity index (χ3v) is 1.50. The van der Waals surface area contributed by atoms with Crippen LogP contribution in [-0.4, -0.2) is 12.6 Å². The van der Waals surface area contributed by atoms with Crippen molar-refractivity contribution in [1.29, 1.82) is 0 Å². The maximum Gasteiger partial charge on any atom is 0.339 e. The SMILES string of the molecule is C#CCOC(=O)c1cc[n+](C)cc1. The Morgan fingerprint density at radius 3 is 2.77 bits per heavy atom. The Labute approximate surface area is 77.0 Å². The molecule has 0 aliphatic carbocycles. The van der Waals surface area contributed by atoms with Crippen LogP contribution in [0.5, 0.6) is 0 Å². The van der Waals surface area contributed by atoms with E-state index in [0.29, 0.717) is 5.56 Å². The number of pyridine rings is 1. The average Bonchev–Trinajstić information content (AvgIpc) is 2.15. The monoisotopic (exact) mass is 176 g/mol. The average molecular weight is 176 g/mol. The molecule has 0 spiro atoms. The van der Waals surface area contributed by atoms with Gasteiger partial charge in [0.15, 0.2) is 19.0 Å². The highest BCUT2D eigenvalue weighted by Crippen LogP contribution is 1.97. The maximum atomic E-state index is 11.2. The van der Waals surface area contributed by atoms with Gasteiger partial charge in [-0.2, -0.15) is 0 Å². The molecule has 0 unspecified atom stereocenters. The van der Waals surface area contributed by atoms with Gasteiger partial charge in [-0.1, -0.05) is 5.92 Å². The Balaban J connectivity index is 2.68. The molecular weight excluding hydrogens is 166 g/mol. The number of carbonyl (C=O) groups is 1. The highest BCUT2D eigenvalue weighted by atomic mass is 16.5. The fourth-order valence-corrected chi connectivity index (χ4v) is 0.828. The summed E-state index contributed by atoms with van der Waals surface area (Å²) >= 11 is 0. The first kappa shape index (κ1) is 9.27. The van der Waals surface area contributed by atoms with Crippen molar-refractivity contribution in [3.8, 4) is 12.3 Å². The molecule has 0 N–H and O–H groups in total. The number of ether oxygens (including phenoxy) is 1. The summed E-state index contributed by atoms with van der Waals surface area (Å²) in [5, 5.41) is 0. The summed E-state index contributed by atoms with van der Waals surface area (Å²) in [7, 11) is 1.87. The molecule has 3 nitrogen and oxygen atoms in total. The van der Waals surface area contributed by atoms with E-state index in [9.17, 15) is 4.79 Å². The summed E-state index contributed by atoms with van der Waals surface area (Å²) in [5.74, 6) is 1.84. The molecule has 0 aromatic carbocycles. The predicted molar refractivity (Wildman–Crippen MR) is 46.7 cm³/mol. The summed E-state index contributed by atoms with van der Waals surface area (Å²) in [6.45, 7) is 0.0137. The number of rotatable bonds is 2. The Hall–Kier alpha value is -1.82. The molecule has 1 heterocycles. The van der Waals surface area contributed by atoms with E-state index in [1.807, 2.05) is 11.6 Å². The van der Waals surface area contributed by atoms with Gasteiger partial charge in [0.25, 0.3) is 0 Å². The molecule has 0 aliphatic rings. The number of aromatic nitrogens is 1. The second kappa shape index (κ2) is 4.27. The van der Waals surface area contributed by atoms with Crippen LogP contribution in [0, 0.1) is 12.3 Å². The van der Waals surface area contributed by atoms with Crippen LogP contribution in [0.2, 0.25) is 0 Å². The number of nitrogens with zero attached hydrogens (tertiary/aromatic N) is 1. The number of hydrogen-bond acceptors (Lipinski definition) is 2. The number of terminal acetylenes is 1. The lowest BCUT2D eigenvalue weighted by molar-refractivity contribution is -0.671. The molecule has 0 atom stereocenters. The van der Waals surface area contributed by atoms with Gasteiger partial charge in [-0.05, 0) is 0 Å². The van der Waals surface area contributed by atoms with E-state index in [0.717, 1.165) is 0 Å². The second-order valence-electron chi connectivity index (χ2n) is 2.53. The van der Waals surface area contributed by atoms with Gasteiger partial charge in [0.1, 0.15) is 7.05 Å². The smallest absolute Gasteiger partial charge is 0.339 e. The molecular formula is C10H10NO2+. The van der Waals surface area contributed by atoms with E-state index >= 15 is 0 Å². The highest BCUT2D eigenvalue weighted by molar-refractivity contribution is 5.89. The molecule has 1 rings (SSSR count). The lowest BCUT2D eigenvalue weighted by Crippen LogP contribution is -2.26. The summed E-state index contributed by atoms with van der Waals surface area (Å²) < 4.78 is 6.56. The molecule has 1 aromatic rings.